The standard InChI is InChI=1S/C14H23N3/c1-14(2)6-3-8-17(9-7-14)11-13-5-4-12(15)10-16-13/h4-5,10H,3,6-9,11,15H2,1-2H3. The Morgan fingerprint density at radius 2 is 2.12 bits per heavy atom. The highest BCUT2D eigenvalue weighted by atomic mass is 15.1. The van der Waals surface area contributed by atoms with Gasteiger partial charge >= 0.3 is 0 Å². The quantitative estimate of drug-likeness (QED) is 0.854. The maximum absolute atomic E-state index is 5.64. The second-order valence-corrected chi connectivity index (χ2v) is 5.88. The van der Waals surface area contributed by atoms with Gasteiger partial charge in [0, 0.05) is 6.54 Å². The van der Waals surface area contributed by atoms with Gasteiger partial charge in [0.25, 0.3) is 0 Å². The number of hydrogen-bond acceptors (Lipinski definition) is 3. The lowest BCUT2D eigenvalue weighted by atomic mass is 9.85. The highest BCUT2D eigenvalue weighted by molar-refractivity contribution is 5.34. The van der Waals surface area contributed by atoms with Gasteiger partial charge in [0.2, 0.25) is 0 Å². The molecule has 0 aliphatic carbocycles. The zero-order chi connectivity index (χ0) is 12.3. The molecule has 2 heterocycles. The molecule has 0 atom stereocenters. The molecule has 1 saturated heterocycles. The number of anilines is 1. The Kier molecular flexibility index (Phi) is 3.67. The molecule has 1 fully saturated rings. The van der Waals surface area contributed by atoms with E-state index in [1.54, 1.807) is 6.20 Å². The van der Waals surface area contributed by atoms with Crippen molar-refractivity contribution in [2.75, 3.05) is 18.8 Å². The van der Waals surface area contributed by atoms with Crippen molar-refractivity contribution in [1.82, 2.24) is 9.88 Å². The van der Waals surface area contributed by atoms with Gasteiger partial charge < -0.3 is 5.73 Å². The van der Waals surface area contributed by atoms with Crippen LogP contribution in [-0.4, -0.2) is 23.0 Å². The van der Waals surface area contributed by atoms with E-state index in [4.69, 9.17) is 5.73 Å². The molecule has 3 heteroatoms. The third kappa shape index (κ3) is 3.70. The predicted molar refractivity (Wildman–Crippen MR) is 71.6 cm³/mol. The van der Waals surface area contributed by atoms with Gasteiger partial charge in [-0.15, -0.1) is 0 Å². The molecule has 0 unspecified atom stereocenters. The molecule has 0 saturated carbocycles. The number of hydrogen-bond donors (Lipinski definition) is 1. The minimum absolute atomic E-state index is 0.503. The van der Waals surface area contributed by atoms with Gasteiger partial charge in [-0.2, -0.15) is 0 Å². The third-order valence-electron chi connectivity index (χ3n) is 3.67. The molecule has 0 aromatic carbocycles. The van der Waals surface area contributed by atoms with Gasteiger partial charge in [-0.25, -0.2) is 0 Å². The SMILES string of the molecule is CC1(C)CCCN(Cc2ccc(N)cn2)CC1. The Morgan fingerprint density at radius 1 is 1.29 bits per heavy atom. The molecule has 0 amide bonds. The van der Waals surface area contributed by atoms with E-state index >= 15 is 0 Å². The molecule has 3 nitrogen and oxygen atoms in total. The molecule has 1 aromatic heterocycles. The van der Waals surface area contributed by atoms with Crippen LogP contribution in [0.3, 0.4) is 0 Å². The van der Waals surface area contributed by atoms with Crippen LogP contribution < -0.4 is 5.73 Å². The minimum atomic E-state index is 0.503. The largest absolute Gasteiger partial charge is 0.397 e. The topological polar surface area (TPSA) is 42.1 Å². The Hall–Kier alpha value is -1.09. The van der Waals surface area contributed by atoms with E-state index in [0.29, 0.717) is 5.41 Å². The summed E-state index contributed by atoms with van der Waals surface area (Å²) in [6.45, 7) is 8.07. The second kappa shape index (κ2) is 5.05. The highest BCUT2D eigenvalue weighted by Gasteiger charge is 2.22. The van der Waals surface area contributed by atoms with Crippen LogP contribution in [0.5, 0.6) is 0 Å². The zero-order valence-electron chi connectivity index (χ0n) is 10.9. The maximum atomic E-state index is 5.64. The lowest BCUT2D eigenvalue weighted by molar-refractivity contribution is 0.253. The molecule has 17 heavy (non-hydrogen) atoms. The zero-order valence-corrected chi connectivity index (χ0v) is 10.9. The molecule has 1 aromatic rings. The summed E-state index contributed by atoms with van der Waals surface area (Å²) in [7, 11) is 0. The van der Waals surface area contributed by atoms with Crippen LogP contribution >= 0.6 is 0 Å². The molecule has 94 valence electrons. The molecule has 2 N–H and O–H groups in total. The number of aromatic nitrogens is 1. The van der Waals surface area contributed by atoms with E-state index in [-0.39, 0.29) is 0 Å². The first-order chi connectivity index (χ1) is 8.05. The first kappa shape index (κ1) is 12.4. The molecular formula is C14H23N3. The smallest absolute Gasteiger partial charge is 0.0545 e. The molecular weight excluding hydrogens is 210 g/mol. The van der Waals surface area contributed by atoms with Gasteiger partial charge in [0.15, 0.2) is 0 Å². The molecule has 1 aliphatic heterocycles. The van der Waals surface area contributed by atoms with Crippen LogP contribution in [0.2, 0.25) is 0 Å². The maximum Gasteiger partial charge on any atom is 0.0545 e. The number of nitrogens with zero attached hydrogens (tertiary/aromatic N) is 2. The highest BCUT2D eigenvalue weighted by Crippen LogP contribution is 2.30. The number of rotatable bonds is 2. The minimum Gasteiger partial charge on any atom is -0.397 e. The van der Waals surface area contributed by atoms with Crippen LogP contribution in [0.25, 0.3) is 0 Å². The van der Waals surface area contributed by atoms with Crippen molar-refractivity contribution in [3.05, 3.63) is 24.0 Å². The Balaban J connectivity index is 1.93. The van der Waals surface area contributed by atoms with E-state index in [9.17, 15) is 0 Å². The van der Waals surface area contributed by atoms with Gasteiger partial charge in [-0.1, -0.05) is 13.8 Å². The summed E-state index contributed by atoms with van der Waals surface area (Å²) in [5.74, 6) is 0. The van der Waals surface area contributed by atoms with Crippen LogP contribution in [0.1, 0.15) is 38.8 Å². The fraction of sp³-hybridized carbons (Fsp3) is 0.643. The lowest BCUT2D eigenvalue weighted by Crippen LogP contribution is -2.25. The van der Waals surface area contributed by atoms with Crippen molar-refractivity contribution >= 4 is 5.69 Å². The summed E-state index contributed by atoms with van der Waals surface area (Å²) in [6.07, 6.45) is 5.65. The fourth-order valence-corrected chi connectivity index (χ4v) is 2.40. The first-order valence-electron chi connectivity index (χ1n) is 6.48. The fourth-order valence-electron chi connectivity index (χ4n) is 2.40. The van der Waals surface area contributed by atoms with E-state index < -0.39 is 0 Å². The third-order valence-corrected chi connectivity index (χ3v) is 3.67. The molecule has 0 spiro atoms. The van der Waals surface area contributed by atoms with Crippen molar-refractivity contribution in [2.24, 2.45) is 5.41 Å². The first-order valence-corrected chi connectivity index (χ1v) is 6.48. The van der Waals surface area contributed by atoms with E-state index in [1.165, 1.54) is 32.4 Å². The van der Waals surface area contributed by atoms with Gasteiger partial charge in [0.05, 0.1) is 17.6 Å². The summed E-state index contributed by atoms with van der Waals surface area (Å²) in [5, 5.41) is 0. The number of pyridine rings is 1. The monoisotopic (exact) mass is 233 g/mol. The van der Waals surface area contributed by atoms with Gasteiger partial charge in [0.1, 0.15) is 0 Å². The summed E-state index contributed by atoms with van der Waals surface area (Å²) in [4.78, 5) is 6.88. The van der Waals surface area contributed by atoms with Crippen molar-refractivity contribution in [1.29, 1.82) is 0 Å². The molecule has 0 bridgehead atoms. The van der Waals surface area contributed by atoms with Gasteiger partial charge in [-0.3, -0.25) is 9.88 Å². The summed E-state index contributed by atoms with van der Waals surface area (Å²) in [6, 6.07) is 3.97. The average molecular weight is 233 g/mol. The van der Waals surface area contributed by atoms with Crippen LogP contribution in [0, 0.1) is 5.41 Å². The number of nitrogens with two attached hydrogens (primary N) is 1. The Labute approximate surface area is 104 Å². The predicted octanol–water partition coefficient (Wildman–Crippen LogP) is 2.68. The van der Waals surface area contributed by atoms with E-state index in [0.717, 1.165) is 17.9 Å². The summed E-state index contributed by atoms with van der Waals surface area (Å²) < 4.78 is 0. The van der Waals surface area contributed by atoms with Crippen molar-refractivity contribution < 1.29 is 0 Å². The normalized spacial score (nSPS) is 21.1. The van der Waals surface area contributed by atoms with Gasteiger partial charge in [-0.05, 0) is 49.9 Å². The van der Waals surface area contributed by atoms with Crippen molar-refractivity contribution in [3.63, 3.8) is 0 Å². The molecule has 2 rings (SSSR count). The summed E-state index contributed by atoms with van der Waals surface area (Å²) >= 11 is 0. The second-order valence-electron chi connectivity index (χ2n) is 5.88. The lowest BCUT2D eigenvalue weighted by Gasteiger charge is -2.23. The number of likely N-dealkylation sites (tertiary alicyclic amines) is 1. The van der Waals surface area contributed by atoms with Crippen molar-refractivity contribution in [3.8, 4) is 0 Å². The Morgan fingerprint density at radius 3 is 2.82 bits per heavy atom. The molecule has 0 radical (unpaired) electrons. The van der Waals surface area contributed by atoms with Crippen LogP contribution in [0.4, 0.5) is 5.69 Å². The van der Waals surface area contributed by atoms with E-state index in [2.05, 4.69) is 23.7 Å². The van der Waals surface area contributed by atoms with Crippen LogP contribution in [0.15, 0.2) is 18.3 Å². The summed E-state index contributed by atoms with van der Waals surface area (Å²) in [5.41, 5.74) is 8.01. The average Bonchev–Trinajstić information content (AvgIpc) is 2.44. The Bertz CT molecular complexity index is 356. The van der Waals surface area contributed by atoms with E-state index in [1.807, 2.05) is 12.1 Å². The van der Waals surface area contributed by atoms with Crippen molar-refractivity contribution in [2.45, 2.75) is 39.7 Å². The number of nitrogen functional groups attached to an aromatic ring is 1. The molecule has 1 aliphatic rings. The van der Waals surface area contributed by atoms with Crippen LogP contribution in [-0.2, 0) is 6.54 Å².